The molecule has 0 aliphatic heterocycles. The Balaban J connectivity index is 2.04. The fourth-order valence-electron chi connectivity index (χ4n) is 2.83. The molecule has 0 saturated carbocycles. The molecule has 0 spiro atoms. The van der Waals surface area contributed by atoms with Crippen molar-refractivity contribution in [3.8, 4) is 0 Å². The van der Waals surface area contributed by atoms with E-state index in [-0.39, 0.29) is 11.2 Å². The van der Waals surface area contributed by atoms with Gasteiger partial charge in [0.05, 0.1) is 5.69 Å². The molecule has 1 heterocycles. The molecule has 6 heteroatoms. The highest BCUT2D eigenvalue weighted by molar-refractivity contribution is 6.28. The summed E-state index contributed by atoms with van der Waals surface area (Å²) in [5.74, 6) is -0.734. The van der Waals surface area contributed by atoms with Crippen LogP contribution in [0.4, 0.5) is 14.6 Å². The molecule has 22 heavy (non-hydrogen) atoms. The first kappa shape index (κ1) is 14.9. The monoisotopic (exact) mass is 321 g/mol. The van der Waals surface area contributed by atoms with Crippen LogP contribution in [-0.4, -0.2) is 16.5 Å². The number of rotatable bonds is 4. The number of benzene rings is 1. The summed E-state index contributed by atoms with van der Waals surface area (Å²) in [6, 6.07) is 3.63. The third-order valence-corrected chi connectivity index (χ3v) is 3.95. The van der Waals surface area contributed by atoms with Crippen molar-refractivity contribution in [1.29, 1.82) is 0 Å². The molecule has 1 unspecified atom stereocenters. The molecule has 1 atom stereocenters. The smallest absolute Gasteiger partial charge is 0.224 e. The number of nitrogens with one attached hydrogen (secondary N) is 1. The Morgan fingerprint density at radius 3 is 2.91 bits per heavy atom. The minimum atomic E-state index is -0.589. The quantitative estimate of drug-likeness (QED) is 0.681. The van der Waals surface area contributed by atoms with Crippen LogP contribution in [0.2, 0.25) is 5.28 Å². The third kappa shape index (κ3) is 2.68. The van der Waals surface area contributed by atoms with Crippen LogP contribution in [0.5, 0.6) is 0 Å². The van der Waals surface area contributed by atoms with Gasteiger partial charge in [-0.3, -0.25) is 0 Å². The summed E-state index contributed by atoms with van der Waals surface area (Å²) in [7, 11) is 0. The van der Waals surface area contributed by atoms with Gasteiger partial charge in [-0.2, -0.15) is 0 Å². The molecule has 1 aromatic heterocycles. The Kier molecular flexibility index (Phi) is 4.07. The molecule has 3 nitrogen and oxygen atoms in total. The molecule has 0 saturated heterocycles. The molecule has 1 aromatic carbocycles. The summed E-state index contributed by atoms with van der Waals surface area (Å²) in [5.41, 5.74) is 2.07. The zero-order valence-electron chi connectivity index (χ0n) is 11.7. The van der Waals surface area contributed by atoms with Crippen LogP contribution >= 0.6 is 11.6 Å². The first-order valence-corrected chi connectivity index (χ1v) is 7.34. The molecule has 114 valence electrons. The van der Waals surface area contributed by atoms with Crippen molar-refractivity contribution in [1.82, 2.24) is 9.97 Å². The van der Waals surface area contributed by atoms with Crippen LogP contribution in [0.25, 0.3) is 0 Å². The fourth-order valence-corrected chi connectivity index (χ4v) is 3.01. The Hall–Kier alpha value is -2.01. The summed E-state index contributed by atoms with van der Waals surface area (Å²) >= 11 is 5.98. The Morgan fingerprint density at radius 2 is 2.18 bits per heavy atom. The Morgan fingerprint density at radius 1 is 1.36 bits per heavy atom. The van der Waals surface area contributed by atoms with Crippen molar-refractivity contribution < 1.29 is 8.78 Å². The molecule has 1 N–H and O–H groups in total. The number of hydrogen-bond donors (Lipinski definition) is 1. The van der Waals surface area contributed by atoms with Crippen molar-refractivity contribution in [2.75, 3.05) is 11.9 Å². The summed E-state index contributed by atoms with van der Waals surface area (Å²) in [4.78, 5) is 8.46. The van der Waals surface area contributed by atoms with E-state index in [9.17, 15) is 8.78 Å². The molecule has 2 aromatic rings. The lowest BCUT2D eigenvalue weighted by molar-refractivity contribution is 0.562. The van der Waals surface area contributed by atoms with Gasteiger partial charge in [-0.05, 0) is 36.1 Å². The predicted molar refractivity (Wildman–Crippen MR) is 82.3 cm³/mol. The van der Waals surface area contributed by atoms with E-state index in [4.69, 9.17) is 11.6 Å². The van der Waals surface area contributed by atoms with Gasteiger partial charge in [0.2, 0.25) is 5.28 Å². The molecule has 0 bridgehead atoms. The molecule has 0 radical (unpaired) electrons. The average Bonchev–Trinajstić information content (AvgIpc) is 2.88. The van der Waals surface area contributed by atoms with E-state index in [0.29, 0.717) is 36.5 Å². The van der Waals surface area contributed by atoms with Gasteiger partial charge < -0.3 is 5.32 Å². The van der Waals surface area contributed by atoms with Crippen molar-refractivity contribution in [2.24, 2.45) is 0 Å². The van der Waals surface area contributed by atoms with Gasteiger partial charge in [-0.25, -0.2) is 18.7 Å². The maximum absolute atomic E-state index is 14.1. The van der Waals surface area contributed by atoms with Crippen molar-refractivity contribution in [3.05, 3.63) is 64.6 Å². The molecule has 0 fully saturated rings. The highest BCUT2D eigenvalue weighted by atomic mass is 35.5. The van der Waals surface area contributed by atoms with Gasteiger partial charge in [0.25, 0.3) is 0 Å². The second-order valence-corrected chi connectivity index (χ2v) is 5.47. The van der Waals surface area contributed by atoms with E-state index < -0.39 is 11.6 Å². The van der Waals surface area contributed by atoms with Gasteiger partial charge in [-0.15, -0.1) is 6.58 Å². The van der Waals surface area contributed by atoms with E-state index in [1.165, 1.54) is 12.1 Å². The SMILES string of the molecule is C=CCNc1nc(Cl)nc2c1CCC2c1ccc(F)cc1F. The Labute approximate surface area is 132 Å². The largest absolute Gasteiger partial charge is 0.366 e. The lowest BCUT2D eigenvalue weighted by Gasteiger charge is -2.14. The second-order valence-electron chi connectivity index (χ2n) is 5.13. The highest BCUT2D eigenvalue weighted by Gasteiger charge is 2.31. The van der Waals surface area contributed by atoms with Crippen LogP contribution < -0.4 is 5.32 Å². The van der Waals surface area contributed by atoms with Gasteiger partial charge in [0, 0.05) is 24.1 Å². The second kappa shape index (κ2) is 6.01. The normalized spacial score (nSPS) is 16.4. The van der Waals surface area contributed by atoms with E-state index in [1.807, 2.05) is 0 Å². The minimum Gasteiger partial charge on any atom is -0.366 e. The summed E-state index contributed by atoms with van der Waals surface area (Å²) in [6.07, 6.45) is 3.12. The zero-order chi connectivity index (χ0) is 15.7. The first-order valence-electron chi connectivity index (χ1n) is 6.96. The van der Waals surface area contributed by atoms with Gasteiger partial charge in [-0.1, -0.05) is 12.1 Å². The number of nitrogens with zero attached hydrogens (tertiary/aromatic N) is 2. The molecule has 1 aliphatic carbocycles. The number of anilines is 1. The maximum Gasteiger partial charge on any atom is 0.224 e. The molecule has 1 aliphatic rings. The van der Waals surface area contributed by atoms with Gasteiger partial charge >= 0.3 is 0 Å². The van der Waals surface area contributed by atoms with E-state index in [0.717, 1.165) is 11.6 Å². The summed E-state index contributed by atoms with van der Waals surface area (Å²) < 4.78 is 27.1. The molecule has 0 amide bonds. The fraction of sp³-hybridized carbons (Fsp3) is 0.250. The first-order chi connectivity index (χ1) is 10.6. The van der Waals surface area contributed by atoms with Crippen LogP contribution in [-0.2, 0) is 6.42 Å². The number of halogens is 3. The number of hydrogen-bond acceptors (Lipinski definition) is 3. The lowest BCUT2D eigenvalue weighted by Crippen LogP contribution is -2.08. The molecule has 3 rings (SSSR count). The van der Waals surface area contributed by atoms with Crippen molar-refractivity contribution in [3.63, 3.8) is 0 Å². The maximum atomic E-state index is 14.1. The topological polar surface area (TPSA) is 37.8 Å². The molecular formula is C16H14ClF2N3. The zero-order valence-corrected chi connectivity index (χ0v) is 12.5. The van der Waals surface area contributed by atoms with Crippen molar-refractivity contribution in [2.45, 2.75) is 18.8 Å². The number of fused-ring (bicyclic) bond motifs is 1. The molecular weight excluding hydrogens is 308 g/mol. The summed E-state index contributed by atoms with van der Waals surface area (Å²) in [6.45, 7) is 4.20. The Bertz CT molecular complexity index is 734. The van der Waals surface area contributed by atoms with Gasteiger partial charge in [0.15, 0.2) is 0 Å². The third-order valence-electron chi connectivity index (χ3n) is 3.78. The standard InChI is InChI=1S/C16H14ClF2N3/c1-2-7-20-15-12-6-5-11(14(12)21-16(17)22-15)10-4-3-9(18)8-13(10)19/h2-4,8,11H,1,5-7H2,(H,20,21,22). The predicted octanol–water partition coefficient (Wildman–Crippen LogP) is 4.08. The van der Waals surface area contributed by atoms with Crippen LogP contribution in [0, 0.1) is 11.6 Å². The lowest BCUT2D eigenvalue weighted by atomic mass is 9.96. The van der Waals surface area contributed by atoms with E-state index in [1.54, 1.807) is 6.08 Å². The van der Waals surface area contributed by atoms with Crippen LogP contribution in [0.15, 0.2) is 30.9 Å². The van der Waals surface area contributed by atoms with E-state index >= 15 is 0 Å². The summed E-state index contributed by atoms with van der Waals surface area (Å²) in [5, 5.41) is 3.23. The van der Waals surface area contributed by atoms with E-state index in [2.05, 4.69) is 21.9 Å². The van der Waals surface area contributed by atoms with Crippen LogP contribution in [0.3, 0.4) is 0 Å². The van der Waals surface area contributed by atoms with Crippen LogP contribution in [0.1, 0.15) is 29.2 Å². The number of aromatic nitrogens is 2. The van der Waals surface area contributed by atoms with Crippen molar-refractivity contribution >= 4 is 17.4 Å². The average molecular weight is 322 g/mol. The minimum absolute atomic E-state index is 0.111. The van der Waals surface area contributed by atoms with Gasteiger partial charge in [0.1, 0.15) is 17.5 Å². The highest BCUT2D eigenvalue weighted by Crippen LogP contribution is 2.40.